The van der Waals surface area contributed by atoms with Crippen LogP contribution in [0.15, 0.2) is 24.3 Å². The minimum Gasteiger partial charge on any atom is -0.634 e. The van der Waals surface area contributed by atoms with Gasteiger partial charge in [-0.15, -0.1) is 0 Å². The molecule has 2 aromatic carbocycles. The summed E-state index contributed by atoms with van der Waals surface area (Å²) in [4.78, 5) is 13.2. The summed E-state index contributed by atoms with van der Waals surface area (Å²) in [5.41, 5.74) is 1.54. The average Bonchev–Trinajstić information content (AvgIpc) is 3.17. The number of rotatable bonds is 4. The first-order chi connectivity index (χ1) is 16.4. The minimum atomic E-state index is -0.458. The van der Waals surface area contributed by atoms with E-state index < -0.39 is 5.41 Å². The van der Waals surface area contributed by atoms with Crippen LogP contribution in [0.1, 0.15) is 40.7 Å². The molecule has 2 aliphatic heterocycles. The Labute approximate surface area is 196 Å². The van der Waals surface area contributed by atoms with Gasteiger partial charge in [0.15, 0.2) is 23.0 Å². The van der Waals surface area contributed by atoms with Crippen LogP contribution in [0.2, 0.25) is 0 Å². The molecule has 1 spiro atoms. The molecule has 6 atom stereocenters. The standard InChI is InChI=1S/C25H28N2O7/c1-32-18-6-3-12(9-19(18)33-2)24(30)26-15-5-4-14-16-10-13-21-20(11-17(28)22(13)29)34-23(15)25(14,21)7-8-27(16)31/h3,6,9,11,14-16,23,27-29H,4-5,7-8,10H2,1-2H3,(H,26,30)/t14-,15-,16+,23-,25-/m0/s1. The topological polar surface area (TPSA) is 125 Å². The lowest BCUT2D eigenvalue weighted by molar-refractivity contribution is -0.889. The number of amides is 1. The molecule has 0 aromatic heterocycles. The molecule has 2 aliphatic carbocycles. The largest absolute Gasteiger partial charge is 0.634 e. The van der Waals surface area contributed by atoms with Crippen molar-refractivity contribution in [1.82, 2.24) is 5.32 Å². The van der Waals surface area contributed by atoms with E-state index in [0.717, 1.165) is 12.0 Å². The van der Waals surface area contributed by atoms with E-state index in [1.54, 1.807) is 25.3 Å². The SMILES string of the molecule is COc1ccc(C(=O)N[C@H]2CC[C@H]3[C@H]4Cc5c(O)c(O)cc6c5[C@@]3(CC[NH+]4[O-])[C@H]2O6)cc1OC. The molecule has 1 saturated heterocycles. The molecule has 1 unspecified atom stereocenters. The van der Waals surface area contributed by atoms with Gasteiger partial charge in [-0.2, -0.15) is 0 Å². The number of piperidine rings is 1. The number of aromatic hydroxyl groups is 2. The summed E-state index contributed by atoms with van der Waals surface area (Å²) in [7, 11) is 3.07. The fraction of sp³-hybridized carbons (Fsp3) is 0.480. The second kappa shape index (κ2) is 7.41. The van der Waals surface area contributed by atoms with Crippen LogP contribution in [0.4, 0.5) is 0 Å². The molecule has 9 nitrogen and oxygen atoms in total. The van der Waals surface area contributed by atoms with Gasteiger partial charge in [0.2, 0.25) is 0 Å². The lowest BCUT2D eigenvalue weighted by Crippen LogP contribution is -3.15. The van der Waals surface area contributed by atoms with Crippen LogP contribution in [0.5, 0.6) is 28.7 Å². The fourth-order valence-electron chi connectivity index (χ4n) is 7.08. The van der Waals surface area contributed by atoms with Crippen LogP contribution in [-0.2, 0) is 11.8 Å². The smallest absolute Gasteiger partial charge is 0.251 e. The van der Waals surface area contributed by atoms with Gasteiger partial charge in [-0.25, -0.2) is 0 Å². The maximum atomic E-state index is 13.2. The Morgan fingerprint density at radius 2 is 2.00 bits per heavy atom. The molecule has 180 valence electrons. The summed E-state index contributed by atoms with van der Waals surface area (Å²) >= 11 is 0. The molecule has 6 rings (SSSR count). The second-order valence-corrected chi connectivity index (χ2v) is 9.79. The average molecular weight is 469 g/mol. The molecule has 2 aromatic rings. The summed E-state index contributed by atoms with van der Waals surface area (Å²) in [6.45, 7) is 0.456. The van der Waals surface area contributed by atoms with Crippen molar-refractivity contribution >= 4 is 5.91 Å². The van der Waals surface area contributed by atoms with E-state index >= 15 is 0 Å². The van der Waals surface area contributed by atoms with E-state index in [1.165, 1.54) is 13.2 Å². The number of methoxy groups -OCH3 is 2. The molecule has 0 radical (unpaired) electrons. The van der Waals surface area contributed by atoms with E-state index in [1.807, 2.05) is 0 Å². The molecule has 2 heterocycles. The summed E-state index contributed by atoms with van der Waals surface area (Å²) < 4.78 is 17.0. The van der Waals surface area contributed by atoms with Crippen molar-refractivity contribution < 1.29 is 34.3 Å². The maximum Gasteiger partial charge on any atom is 0.251 e. The predicted molar refractivity (Wildman–Crippen MR) is 121 cm³/mol. The van der Waals surface area contributed by atoms with E-state index in [-0.39, 0.29) is 46.6 Å². The third-order valence-corrected chi connectivity index (χ3v) is 8.46. The Morgan fingerprint density at radius 1 is 1.21 bits per heavy atom. The van der Waals surface area contributed by atoms with Crippen LogP contribution in [0.3, 0.4) is 0 Å². The van der Waals surface area contributed by atoms with Crippen LogP contribution >= 0.6 is 0 Å². The van der Waals surface area contributed by atoms with Crippen molar-refractivity contribution in [1.29, 1.82) is 0 Å². The number of hydrogen-bond donors (Lipinski definition) is 4. The lowest BCUT2D eigenvalue weighted by Gasteiger charge is -2.58. The normalized spacial score (nSPS) is 32.4. The first-order valence-electron chi connectivity index (χ1n) is 11.7. The van der Waals surface area contributed by atoms with Gasteiger partial charge in [0.25, 0.3) is 5.91 Å². The number of carbonyl (C=O) groups excluding carboxylic acids is 1. The third-order valence-electron chi connectivity index (χ3n) is 8.46. The third kappa shape index (κ3) is 2.71. The number of ether oxygens (including phenoxy) is 3. The summed E-state index contributed by atoms with van der Waals surface area (Å²) in [6.07, 6.45) is 2.13. The molecule has 34 heavy (non-hydrogen) atoms. The van der Waals surface area contributed by atoms with Crippen LogP contribution in [-0.4, -0.2) is 55.1 Å². The second-order valence-electron chi connectivity index (χ2n) is 9.79. The number of nitrogens with one attached hydrogen (secondary N) is 2. The van der Waals surface area contributed by atoms with Crippen LogP contribution in [0.25, 0.3) is 0 Å². The van der Waals surface area contributed by atoms with Gasteiger partial charge < -0.3 is 40.0 Å². The van der Waals surface area contributed by atoms with Crippen molar-refractivity contribution in [3.63, 3.8) is 0 Å². The molecule has 1 amide bonds. The van der Waals surface area contributed by atoms with Crippen molar-refractivity contribution in [2.75, 3.05) is 20.8 Å². The molecule has 2 fully saturated rings. The maximum absolute atomic E-state index is 13.2. The Kier molecular flexibility index (Phi) is 4.66. The Morgan fingerprint density at radius 3 is 2.76 bits per heavy atom. The van der Waals surface area contributed by atoms with E-state index in [0.29, 0.717) is 54.2 Å². The number of quaternary nitrogens is 1. The van der Waals surface area contributed by atoms with Gasteiger partial charge in [0.1, 0.15) is 11.9 Å². The van der Waals surface area contributed by atoms with Gasteiger partial charge in [-0.3, -0.25) is 4.79 Å². The zero-order chi connectivity index (χ0) is 23.8. The van der Waals surface area contributed by atoms with Crippen molar-refractivity contribution in [2.24, 2.45) is 5.92 Å². The van der Waals surface area contributed by atoms with Gasteiger partial charge >= 0.3 is 0 Å². The zero-order valence-corrected chi connectivity index (χ0v) is 19.1. The van der Waals surface area contributed by atoms with Gasteiger partial charge in [-0.1, -0.05) is 0 Å². The molecule has 1 saturated carbocycles. The zero-order valence-electron chi connectivity index (χ0n) is 19.1. The highest BCUT2D eigenvalue weighted by molar-refractivity contribution is 5.95. The lowest BCUT2D eigenvalue weighted by atomic mass is 9.51. The first-order valence-corrected chi connectivity index (χ1v) is 11.7. The molecule has 4 N–H and O–H groups in total. The van der Waals surface area contributed by atoms with E-state index in [4.69, 9.17) is 14.2 Å². The molecule has 9 heteroatoms. The van der Waals surface area contributed by atoms with Crippen molar-refractivity contribution in [2.45, 2.75) is 49.3 Å². The number of hydrogen-bond acceptors (Lipinski definition) is 7. The molecular formula is C25H28N2O7. The molecule has 2 bridgehead atoms. The Bertz CT molecular complexity index is 1180. The Hall–Kier alpha value is -3.17. The first kappa shape index (κ1) is 21.4. The Balaban J connectivity index is 1.37. The predicted octanol–water partition coefficient (Wildman–Crippen LogP) is 1.03. The number of phenols is 2. The van der Waals surface area contributed by atoms with Gasteiger partial charge in [0, 0.05) is 41.5 Å². The summed E-state index contributed by atoms with van der Waals surface area (Å²) in [6, 6.07) is 6.02. The highest BCUT2D eigenvalue weighted by atomic mass is 16.5. The highest BCUT2D eigenvalue weighted by Gasteiger charge is 2.67. The number of phenolic OH excluding ortho intramolecular Hbond substituents is 2. The molecular weight excluding hydrogens is 440 g/mol. The monoisotopic (exact) mass is 468 g/mol. The van der Waals surface area contributed by atoms with Crippen molar-refractivity contribution in [3.05, 3.63) is 46.2 Å². The number of benzene rings is 2. The van der Waals surface area contributed by atoms with E-state index in [2.05, 4.69) is 5.32 Å². The summed E-state index contributed by atoms with van der Waals surface area (Å²) in [5, 5.41) is 37.2. The van der Waals surface area contributed by atoms with Gasteiger partial charge in [-0.05, 0) is 31.0 Å². The van der Waals surface area contributed by atoms with Crippen LogP contribution in [0, 0.1) is 11.1 Å². The quantitative estimate of drug-likeness (QED) is 0.390. The number of carbonyl (C=O) groups is 1. The van der Waals surface area contributed by atoms with Gasteiger partial charge in [0.05, 0.1) is 38.3 Å². The van der Waals surface area contributed by atoms with E-state index in [9.17, 15) is 20.2 Å². The van der Waals surface area contributed by atoms with Crippen molar-refractivity contribution in [3.8, 4) is 28.7 Å². The minimum absolute atomic E-state index is 0.102. The molecule has 4 aliphatic rings. The number of hydroxylamine groups is 2. The highest BCUT2D eigenvalue weighted by Crippen LogP contribution is 2.62. The fourth-order valence-corrected chi connectivity index (χ4v) is 7.08. The summed E-state index contributed by atoms with van der Waals surface area (Å²) in [5.74, 6) is 1.03. The van der Waals surface area contributed by atoms with Crippen LogP contribution < -0.4 is 24.6 Å².